The Hall–Kier alpha value is -1.42. The number of hydrogen-bond acceptors (Lipinski definition) is 5. The Labute approximate surface area is 103 Å². The lowest BCUT2D eigenvalue weighted by molar-refractivity contribution is -0.277. The monoisotopic (exact) mass is 307 g/mol. The van der Waals surface area contributed by atoms with Gasteiger partial charge in [-0.15, -0.1) is 13.2 Å². The normalized spacial score (nSPS) is 12.3. The van der Waals surface area contributed by atoms with Gasteiger partial charge in [0.15, 0.2) is 10.8 Å². The summed E-state index contributed by atoms with van der Waals surface area (Å²) in [6, 6.07) is 0.624. The van der Waals surface area contributed by atoms with E-state index in [0.717, 1.165) is 7.11 Å². The van der Waals surface area contributed by atoms with Gasteiger partial charge < -0.3 is 9.47 Å². The summed E-state index contributed by atoms with van der Waals surface area (Å²) in [5.41, 5.74) is -1.29. The Balaban J connectivity index is 3.55. The van der Waals surface area contributed by atoms with Crippen LogP contribution < -0.4 is 14.9 Å². The van der Waals surface area contributed by atoms with E-state index in [-0.39, 0.29) is 0 Å². The van der Waals surface area contributed by atoms with Crippen LogP contribution in [0, 0.1) is 0 Å². The molecule has 0 aromatic carbocycles. The second kappa shape index (κ2) is 4.69. The summed E-state index contributed by atoms with van der Waals surface area (Å²) < 4.78 is 66.1. The standard InChI is InChI=1S/C7H5ClF3NO5S/c1-16-4-2-3(13)5(18(8,14)15)6(12-4)17-7(9,10)11/h2H,1H3,(H,12,13). The molecule has 18 heavy (non-hydrogen) atoms. The molecule has 11 heteroatoms. The second-order valence-electron chi connectivity index (χ2n) is 2.85. The van der Waals surface area contributed by atoms with Gasteiger partial charge in [0.25, 0.3) is 9.05 Å². The Morgan fingerprint density at radius 2 is 1.94 bits per heavy atom. The molecule has 0 amide bonds. The molecule has 0 radical (unpaired) electrons. The van der Waals surface area contributed by atoms with Gasteiger partial charge in [-0.3, -0.25) is 9.78 Å². The molecule has 6 nitrogen and oxygen atoms in total. The van der Waals surface area contributed by atoms with E-state index in [9.17, 15) is 26.4 Å². The number of rotatable bonds is 3. The van der Waals surface area contributed by atoms with Crippen LogP contribution in [0.1, 0.15) is 0 Å². The summed E-state index contributed by atoms with van der Waals surface area (Å²) in [5.74, 6) is -1.77. The van der Waals surface area contributed by atoms with Crippen molar-refractivity contribution in [1.29, 1.82) is 0 Å². The lowest BCUT2D eigenvalue weighted by Gasteiger charge is -2.12. The largest absolute Gasteiger partial charge is 0.574 e. The molecule has 0 fully saturated rings. The molecule has 0 spiro atoms. The molecule has 0 saturated heterocycles. The molecule has 0 saturated carbocycles. The van der Waals surface area contributed by atoms with Crippen LogP contribution in [-0.4, -0.2) is 26.9 Å². The second-order valence-corrected chi connectivity index (χ2v) is 5.35. The van der Waals surface area contributed by atoms with Crippen molar-refractivity contribution >= 4 is 19.7 Å². The molecule has 1 aromatic heterocycles. The quantitative estimate of drug-likeness (QED) is 0.848. The highest BCUT2D eigenvalue weighted by molar-refractivity contribution is 8.13. The molecule has 1 rings (SSSR count). The molecule has 102 valence electrons. The van der Waals surface area contributed by atoms with Gasteiger partial charge in [0.1, 0.15) is 0 Å². The third-order valence-corrected chi connectivity index (χ3v) is 2.95. The molecule has 0 unspecified atom stereocenters. The summed E-state index contributed by atoms with van der Waals surface area (Å²) in [6.45, 7) is 0. The first-order chi connectivity index (χ1) is 8.04. The van der Waals surface area contributed by atoms with Crippen LogP contribution >= 0.6 is 10.7 Å². The maximum absolute atomic E-state index is 12.1. The maximum Gasteiger partial charge on any atom is 0.574 e. The van der Waals surface area contributed by atoms with Gasteiger partial charge in [0.05, 0.1) is 7.11 Å². The third kappa shape index (κ3) is 3.53. The van der Waals surface area contributed by atoms with Crippen molar-refractivity contribution in [2.75, 3.05) is 7.11 Å². The SMILES string of the molecule is COc1cc(=O)c(S(=O)(=O)Cl)c(OC(F)(F)F)[nH]1. The van der Waals surface area contributed by atoms with Crippen LogP contribution in [0.15, 0.2) is 15.8 Å². The van der Waals surface area contributed by atoms with Crippen LogP contribution in [0.5, 0.6) is 11.8 Å². The molecule has 0 aliphatic carbocycles. The van der Waals surface area contributed by atoms with Gasteiger partial charge in [-0.1, -0.05) is 0 Å². The molecule has 1 heterocycles. The zero-order valence-corrected chi connectivity index (χ0v) is 10.1. The summed E-state index contributed by atoms with van der Waals surface area (Å²) in [5, 5.41) is 0. The number of ether oxygens (including phenoxy) is 2. The minimum absolute atomic E-state index is 0.414. The maximum atomic E-state index is 12.1. The zero-order chi connectivity index (χ0) is 14.1. The number of hydrogen-bond donors (Lipinski definition) is 1. The van der Waals surface area contributed by atoms with E-state index >= 15 is 0 Å². The molecule has 1 aromatic rings. The van der Waals surface area contributed by atoms with Crippen LogP contribution in [-0.2, 0) is 9.05 Å². The van der Waals surface area contributed by atoms with E-state index in [0.29, 0.717) is 6.07 Å². The van der Waals surface area contributed by atoms with E-state index in [2.05, 4.69) is 9.47 Å². The number of H-pyrrole nitrogens is 1. The van der Waals surface area contributed by atoms with Crippen molar-refractivity contribution in [1.82, 2.24) is 4.98 Å². The van der Waals surface area contributed by atoms with E-state index < -0.39 is 37.5 Å². The minimum atomic E-state index is -5.20. The third-order valence-electron chi connectivity index (χ3n) is 1.61. The number of alkyl halides is 3. The molecular formula is C7H5ClF3NO5S. The molecule has 1 N–H and O–H groups in total. The Morgan fingerprint density at radius 1 is 1.39 bits per heavy atom. The van der Waals surface area contributed by atoms with Crippen molar-refractivity contribution in [2.24, 2.45) is 0 Å². The van der Waals surface area contributed by atoms with E-state index in [1.807, 2.05) is 4.98 Å². The van der Waals surface area contributed by atoms with Crippen molar-refractivity contribution in [3.63, 3.8) is 0 Å². The van der Waals surface area contributed by atoms with E-state index in [1.165, 1.54) is 0 Å². The predicted molar refractivity (Wildman–Crippen MR) is 53.3 cm³/mol. The lowest BCUT2D eigenvalue weighted by atomic mass is 10.4. The molecular weight excluding hydrogens is 303 g/mol. The average Bonchev–Trinajstić information content (AvgIpc) is 2.11. The number of aromatic amines is 1. The summed E-state index contributed by atoms with van der Waals surface area (Å²) in [4.78, 5) is 11.8. The van der Waals surface area contributed by atoms with Crippen LogP contribution in [0.4, 0.5) is 13.2 Å². The highest BCUT2D eigenvalue weighted by Gasteiger charge is 2.35. The minimum Gasteiger partial charge on any atom is -0.482 e. The fourth-order valence-electron chi connectivity index (χ4n) is 1.03. The lowest BCUT2D eigenvalue weighted by Crippen LogP contribution is -2.23. The predicted octanol–water partition coefficient (Wildman–Crippen LogP) is 1.21. The highest BCUT2D eigenvalue weighted by atomic mass is 35.7. The number of halogens is 4. The number of nitrogens with one attached hydrogen (secondary N) is 1. The van der Waals surface area contributed by atoms with Crippen LogP contribution in [0.3, 0.4) is 0 Å². The molecule has 0 aliphatic rings. The topological polar surface area (TPSA) is 85.5 Å². The number of aromatic nitrogens is 1. The fraction of sp³-hybridized carbons (Fsp3) is 0.286. The van der Waals surface area contributed by atoms with Gasteiger partial charge >= 0.3 is 6.36 Å². The van der Waals surface area contributed by atoms with Crippen molar-refractivity contribution in [2.45, 2.75) is 11.3 Å². The van der Waals surface area contributed by atoms with Crippen molar-refractivity contribution < 1.29 is 31.1 Å². The van der Waals surface area contributed by atoms with E-state index in [1.54, 1.807) is 0 Å². The van der Waals surface area contributed by atoms with Gasteiger partial charge in [0.2, 0.25) is 11.3 Å². The first kappa shape index (κ1) is 14.6. The first-order valence-corrected chi connectivity index (χ1v) is 6.37. The smallest absolute Gasteiger partial charge is 0.482 e. The van der Waals surface area contributed by atoms with Gasteiger partial charge in [0, 0.05) is 16.7 Å². The van der Waals surface area contributed by atoms with Gasteiger partial charge in [-0.05, 0) is 0 Å². The average molecular weight is 308 g/mol. The first-order valence-electron chi connectivity index (χ1n) is 4.06. The van der Waals surface area contributed by atoms with Crippen molar-refractivity contribution in [3.8, 4) is 11.8 Å². The van der Waals surface area contributed by atoms with Crippen LogP contribution in [0.2, 0.25) is 0 Å². The van der Waals surface area contributed by atoms with Crippen molar-refractivity contribution in [3.05, 3.63) is 16.3 Å². The Morgan fingerprint density at radius 3 is 2.33 bits per heavy atom. The fourth-order valence-corrected chi connectivity index (χ4v) is 2.08. The zero-order valence-electron chi connectivity index (χ0n) is 8.54. The molecule has 0 bridgehead atoms. The molecule has 0 aliphatic heterocycles. The molecule has 0 atom stereocenters. The summed E-state index contributed by atoms with van der Waals surface area (Å²) >= 11 is 0. The summed E-state index contributed by atoms with van der Waals surface area (Å²) in [7, 11) is 1.20. The van der Waals surface area contributed by atoms with Gasteiger partial charge in [-0.2, -0.15) is 0 Å². The number of pyridine rings is 1. The summed E-state index contributed by atoms with van der Waals surface area (Å²) in [6.07, 6.45) is -5.20. The van der Waals surface area contributed by atoms with Crippen LogP contribution in [0.25, 0.3) is 0 Å². The van der Waals surface area contributed by atoms with Gasteiger partial charge in [-0.25, -0.2) is 8.42 Å². The van der Waals surface area contributed by atoms with E-state index in [4.69, 9.17) is 10.7 Å². The Bertz CT molecular complexity index is 608. The number of methoxy groups -OCH3 is 1. The Kier molecular flexibility index (Phi) is 3.81. The highest BCUT2D eigenvalue weighted by Crippen LogP contribution is 2.28.